The van der Waals surface area contributed by atoms with E-state index in [1.807, 2.05) is 19.1 Å². The number of carbonyl (C=O) groups is 1. The van der Waals surface area contributed by atoms with E-state index in [2.05, 4.69) is 19.2 Å². The van der Waals surface area contributed by atoms with Crippen LogP contribution >= 0.6 is 0 Å². The van der Waals surface area contributed by atoms with Crippen LogP contribution in [0.25, 0.3) is 0 Å². The molecule has 2 rings (SSSR count). The van der Waals surface area contributed by atoms with Gasteiger partial charge in [-0.2, -0.15) is 0 Å². The first-order chi connectivity index (χ1) is 12.9. The fourth-order valence-corrected chi connectivity index (χ4v) is 2.93. The fourth-order valence-electron chi connectivity index (χ4n) is 2.93. The average Bonchev–Trinajstić information content (AvgIpc) is 2.67. The molecular weight excluding hydrogens is 346 g/mol. The Morgan fingerprint density at radius 3 is 2.04 bits per heavy atom. The SMILES string of the molecule is COc1cc(C)c(NC(=O)c2ccc(OC)c(OC)c2OC)cc1C(C)C. The van der Waals surface area contributed by atoms with Crippen LogP contribution < -0.4 is 24.3 Å². The van der Waals surface area contributed by atoms with Crippen LogP contribution in [0.2, 0.25) is 0 Å². The number of ether oxygens (including phenoxy) is 4. The minimum atomic E-state index is -0.296. The van der Waals surface area contributed by atoms with Crippen molar-refractivity contribution in [1.29, 1.82) is 0 Å². The first-order valence-corrected chi connectivity index (χ1v) is 8.66. The summed E-state index contributed by atoms with van der Waals surface area (Å²) < 4.78 is 21.5. The Balaban J connectivity index is 2.45. The van der Waals surface area contributed by atoms with E-state index in [9.17, 15) is 4.79 Å². The summed E-state index contributed by atoms with van der Waals surface area (Å²) in [5.74, 6) is 1.96. The van der Waals surface area contributed by atoms with Gasteiger partial charge >= 0.3 is 0 Å². The number of hydrogen-bond acceptors (Lipinski definition) is 5. The summed E-state index contributed by atoms with van der Waals surface area (Å²) in [6.07, 6.45) is 0. The van der Waals surface area contributed by atoms with Gasteiger partial charge in [0.15, 0.2) is 11.5 Å². The summed E-state index contributed by atoms with van der Waals surface area (Å²) in [6, 6.07) is 7.20. The van der Waals surface area contributed by atoms with Crippen LogP contribution in [0.4, 0.5) is 5.69 Å². The van der Waals surface area contributed by atoms with E-state index in [4.69, 9.17) is 18.9 Å². The van der Waals surface area contributed by atoms with Crippen molar-refractivity contribution in [2.45, 2.75) is 26.7 Å². The number of hydrogen-bond donors (Lipinski definition) is 1. The number of rotatable bonds is 7. The predicted molar refractivity (Wildman–Crippen MR) is 106 cm³/mol. The van der Waals surface area contributed by atoms with E-state index < -0.39 is 0 Å². The van der Waals surface area contributed by atoms with E-state index in [1.165, 1.54) is 21.3 Å². The first-order valence-electron chi connectivity index (χ1n) is 8.66. The molecule has 0 heterocycles. The molecule has 0 fully saturated rings. The third-order valence-electron chi connectivity index (χ3n) is 4.40. The van der Waals surface area contributed by atoms with Crippen molar-refractivity contribution in [3.63, 3.8) is 0 Å². The molecule has 0 unspecified atom stereocenters. The van der Waals surface area contributed by atoms with Gasteiger partial charge in [-0.05, 0) is 48.2 Å². The van der Waals surface area contributed by atoms with Gasteiger partial charge in [-0.1, -0.05) is 13.8 Å². The topological polar surface area (TPSA) is 66.0 Å². The Hall–Kier alpha value is -2.89. The van der Waals surface area contributed by atoms with Crippen LogP contribution in [0, 0.1) is 6.92 Å². The molecule has 27 heavy (non-hydrogen) atoms. The zero-order chi connectivity index (χ0) is 20.1. The lowest BCUT2D eigenvalue weighted by Crippen LogP contribution is -2.15. The molecular formula is C21H27NO5. The summed E-state index contributed by atoms with van der Waals surface area (Å²) in [4.78, 5) is 12.9. The Morgan fingerprint density at radius 1 is 0.889 bits per heavy atom. The molecule has 0 saturated carbocycles. The second-order valence-corrected chi connectivity index (χ2v) is 6.40. The van der Waals surface area contributed by atoms with Gasteiger partial charge in [0.25, 0.3) is 5.91 Å². The van der Waals surface area contributed by atoms with Gasteiger partial charge in [-0.15, -0.1) is 0 Å². The van der Waals surface area contributed by atoms with Gasteiger partial charge in [0.05, 0.1) is 34.0 Å². The van der Waals surface area contributed by atoms with Crippen molar-refractivity contribution in [3.8, 4) is 23.0 Å². The first kappa shape index (κ1) is 20.4. The lowest BCUT2D eigenvalue weighted by molar-refractivity contribution is 0.102. The second-order valence-electron chi connectivity index (χ2n) is 6.40. The normalized spacial score (nSPS) is 10.5. The number of anilines is 1. The molecule has 2 aromatic carbocycles. The summed E-state index contributed by atoms with van der Waals surface area (Å²) in [5, 5.41) is 2.97. The summed E-state index contributed by atoms with van der Waals surface area (Å²) in [7, 11) is 6.17. The highest BCUT2D eigenvalue weighted by molar-refractivity contribution is 6.07. The Morgan fingerprint density at radius 2 is 1.52 bits per heavy atom. The van der Waals surface area contributed by atoms with Crippen LogP contribution in [-0.2, 0) is 0 Å². The van der Waals surface area contributed by atoms with Gasteiger partial charge in [-0.3, -0.25) is 4.79 Å². The van der Waals surface area contributed by atoms with E-state index >= 15 is 0 Å². The van der Waals surface area contributed by atoms with Crippen LogP contribution in [-0.4, -0.2) is 34.3 Å². The van der Waals surface area contributed by atoms with E-state index in [0.29, 0.717) is 22.8 Å². The van der Waals surface area contributed by atoms with Gasteiger partial charge in [-0.25, -0.2) is 0 Å². The maximum atomic E-state index is 12.9. The predicted octanol–water partition coefficient (Wildman–Crippen LogP) is 4.41. The number of carbonyl (C=O) groups excluding carboxylic acids is 1. The minimum absolute atomic E-state index is 0.256. The third-order valence-corrected chi connectivity index (χ3v) is 4.40. The largest absolute Gasteiger partial charge is 0.496 e. The highest BCUT2D eigenvalue weighted by atomic mass is 16.5. The molecule has 6 heteroatoms. The van der Waals surface area contributed by atoms with Crippen molar-refractivity contribution < 1.29 is 23.7 Å². The quantitative estimate of drug-likeness (QED) is 0.779. The van der Waals surface area contributed by atoms with Gasteiger partial charge in [0.2, 0.25) is 5.75 Å². The summed E-state index contributed by atoms with van der Waals surface area (Å²) in [5.41, 5.74) is 3.01. The maximum absolute atomic E-state index is 12.9. The molecule has 146 valence electrons. The molecule has 1 N–H and O–H groups in total. The van der Waals surface area contributed by atoms with E-state index in [0.717, 1.165) is 22.6 Å². The fraction of sp³-hybridized carbons (Fsp3) is 0.381. The molecule has 0 atom stereocenters. The van der Waals surface area contributed by atoms with Crippen molar-refractivity contribution in [3.05, 3.63) is 41.0 Å². The molecule has 0 bridgehead atoms. The van der Waals surface area contributed by atoms with Crippen molar-refractivity contribution in [2.75, 3.05) is 33.8 Å². The number of methoxy groups -OCH3 is 4. The zero-order valence-electron chi connectivity index (χ0n) is 16.9. The second kappa shape index (κ2) is 8.66. The van der Waals surface area contributed by atoms with Crippen molar-refractivity contribution in [1.82, 2.24) is 0 Å². The van der Waals surface area contributed by atoms with Crippen LogP contribution in [0.5, 0.6) is 23.0 Å². The highest BCUT2D eigenvalue weighted by Gasteiger charge is 2.21. The van der Waals surface area contributed by atoms with Crippen LogP contribution in [0.1, 0.15) is 41.3 Å². The van der Waals surface area contributed by atoms with Crippen LogP contribution in [0.3, 0.4) is 0 Å². The van der Waals surface area contributed by atoms with Gasteiger partial charge in [0.1, 0.15) is 5.75 Å². The van der Waals surface area contributed by atoms with Gasteiger partial charge in [0, 0.05) is 5.69 Å². The standard InChI is InChI=1S/C21H27NO5/c1-12(2)15-11-16(13(3)10-18(15)25-5)22-21(23)14-8-9-17(24-4)20(27-7)19(14)26-6/h8-12H,1-7H3,(H,22,23). The Labute approximate surface area is 160 Å². The molecule has 0 spiro atoms. The molecule has 0 saturated heterocycles. The molecule has 2 aromatic rings. The minimum Gasteiger partial charge on any atom is -0.496 e. The van der Waals surface area contributed by atoms with E-state index in [1.54, 1.807) is 19.2 Å². The Kier molecular flexibility index (Phi) is 6.55. The summed E-state index contributed by atoms with van der Waals surface area (Å²) >= 11 is 0. The molecule has 0 radical (unpaired) electrons. The van der Waals surface area contributed by atoms with Gasteiger partial charge < -0.3 is 24.3 Å². The molecule has 0 aromatic heterocycles. The van der Waals surface area contributed by atoms with Crippen molar-refractivity contribution in [2.24, 2.45) is 0 Å². The highest BCUT2D eigenvalue weighted by Crippen LogP contribution is 2.40. The molecule has 0 aliphatic carbocycles. The van der Waals surface area contributed by atoms with Crippen LogP contribution in [0.15, 0.2) is 24.3 Å². The summed E-state index contributed by atoms with van der Waals surface area (Å²) in [6.45, 7) is 6.08. The smallest absolute Gasteiger partial charge is 0.259 e. The number of amides is 1. The number of nitrogens with one attached hydrogen (secondary N) is 1. The third kappa shape index (κ3) is 4.10. The number of aryl methyl sites for hydroxylation is 1. The van der Waals surface area contributed by atoms with E-state index in [-0.39, 0.29) is 11.8 Å². The maximum Gasteiger partial charge on any atom is 0.259 e. The monoisotopic (exact) mass is 373 g/mol. The Bertz CT molecular complexity index is 830. The molecule has 0 aliphatic heterocycles. The average molecular weight is 373 g/mol. The lowest BCUT2D eigenvalue weighted by Gasteiger charge is -2.18. The number of benzene rings is 2. The molecule has 6 nitrogen and oxygen atoms in total. The van der Waals surface area contributed by atoms with Crippen molar-refractivity contribution >= 4 is 11.6 Å². The molecule has 0 aliphatic rings. The molecule has 1 amide bonds. The zero-order valence-corrected chi connectivity index (χ0v) is 16.9. The lowest BCUT2D eigenvalue weighted by atomic mass is 9.99.